The summed E-state index contributed by atoms with van der Waals surface area (Å²) in [6.07, 6.45) is 4.57. The quantitative estimate of drug-likeness (QED) is 0.794. The summed E-state index contributed by atoms with van der Waals surface area (Å²) >= 11 is 0. The second-order valence-electron chi connectivity index (χ2n) is 6.62. The number of anilines is 1. The molecule has 1 N–H and O–H groups in total. The maximum atomic E-state index is 13.6. The molecular formula is C19H22FN3O2. The van der Waals surface area contributed by atoms with Crippen LogP contribution in [0, 0.1) is 5.82 Å². The lowest BCUT2D eigenvalue weighted by Crippen LogP contribution is -2.17. The molecule has 25 heavy (non-hydrogen) atoms. The summed E-state index contributed by atoms with van der Waals surface area (Å²) in [5, 5.41) is 7.09. The van der Waals surface area contributed by atoms with Gasteiger partial charge >= 0.3 is 0 Å². The Bertz CT molecular complexity index is 824. The molecule has 1 aliphatic rings. The fourth-order valence-corrected chi connectivity index (χ4v) is 2.95. The van der Waals surface area contributed by atoms with Crippen LogP contribution in [0.5, 0.6) is 0 Å². The minimum Gasteiger partial charge on any atom is -0.321 e. The molecule has 2 aromatic rings. The van der Waals surface area contributed by atoms with Gasteiger partial charge in [-0.05, 0) is 51.3 Å². The van der Waals surface area contributed by atoms with Crippen LogP contribution in [0.4, 0.5) is 10.1 Å². The van der Waals surface area contributed by atoms with E-state index in [4.69, 9.17) is 0 Å². The average Bonchev–Trinajstić information content (AvgIpc) is 3.31. The van der Waals surface area contributed by atoms with Gasteiger partial charge in [-0.1, -0.05) is 6.92 Å². The molecule has 1 aromatic carbocycles. The Morgan fingerprint density at radius 2 is 2.08 bits per heavy atom. The van der Waals surface area contributed by atoms with Gasteiger partial charge in [-0.15, -0.1) is 0 Å². The number of nitrogens with one attached hydrogen (secondary N) is 1. The molecule has 1 heterocycles. The monoisotopic (exact) mass is 343 g/mol. The number of Topliss-reactive ketones (excluding diaryl/α,β-unsaturated/α-hetero) is 1. The summed E-state index contributed by atoms with van der Waals surface area (Å²) in [4.78, 5) is 24.5. The van der Waals surface area contributed by atoms with E-state index in [0.29, 0.717) is 11.5 Å². The third kappa shape index (κ3) is 3.48. The van der Waals surface area contributed by atoms with Crippen molar-refractivity contribution in [3.05, 3.63) is 47.0 Å². The molecule has 1 saturated carbocycles. The molecule has 0 spiro atoms. The van der Waals surface area contributed by atoms with Crippen LogP contribution in [-0.2, 0) is 0 Å². The van der Waals surface area contributed by atoms with Crippen molar-refractivity contribution in [2.24, 2.45) is 0 Å². The number of hydrogen-bond donors (Lipinski definition) is 1. The van der Waals surface area contributed by atoms with Crippen LogP contribution in [0.3, 0.4) is 0 Å². The van der Waals surface area contributed by atoms with Crippen molar-refractivity contribution in [2.75, 3.05) is 5.32 Å². The Balaban J connectivity index is 1.94. The highest BCUT2D eigenvalue weighted by Crippen LogP contribution is 2.42. The molecule has 1 amide bonds. The lowest BCUT2D eigenvalue weighted by molar-refractivity contribution is 0.101. The third-order valence-electron chi connectivity index (χ3n) is 4.66. The number of nitrogens with zero attached hydrogens (tertiary/aromatic N) is 2. The molecule has 1 fully saturated rings. The third-order valence-corrected chi connectivity index (χ3v) is 4.66. The van der Waals surface area contributed by atoms with Crippen LogP contribution in [0.1, 0.15) is 78.4 Å². The van der Waals surface area contributed by atoms with Crippen molar-refractivity contribution in [2.45, 2.75) is 52.0 Å². The maximum Gasteiger partial charge on any atom is 0.259 e. The molecule has 6 heteroatoms. The lowest BCUT2D eigenvalue weighted by atomic mass is 10.1. The van der Waals surface area contributed by atoms with Crippen LogP contribution in [-0.4, -0.2) is 21.5 Å². The van der Waals surface area contributed by atoms with Gasteiger partial charge in [-0.3, -0.25) is 14.3 Å². The summed E-state index contributed by atoms with van der Waals surface area (Å²) < 4.78 is 15.5. The molecular weight excluding hydrogens is 321 g/mol. The molecule has 0 saturated heterocycles. The number of amides is 1. The molecule has 3 rings (SSSR count). The molecule has 1 aromatic heterocycles. The van der Waals surface area contributed by atoms with Gasteiger partial charge in [-0.25, -0.2) is 4.39 Å². The first kappa shape index (κ1) is 17.3. The van der Waals surface area contributed by atoms with E-state index in [9.17, 15) is 14.0 Å². The Morgan fingerprint density at radius 1 is 1.36 bits per heavy atom. The van der Waals surface area contributed by atoms with Gasteiger partial charge in [0.1, 0.15) is 5.82 Å². The molecule has 0 aliphatic heterocycles. The SMILES string of the molecule is CCC(C)n1ncc(C(=O)Nc2cc(F)ccc2C(C)=O)c1C1CC1. The number of ketones is 1. The minimum absolute atomic E-state index is 0.190. The molecule has 0 radical (unpaired) electrons. The normalized spacial score (nSPS) is 15.0. The van der Waals surface area contributed by atoms with E-state index in [1.165, 1.54) is 25.1 Å². The topological polar surface area (TPSA) is 64.0 Å². The second kappa shape index (κ2) is 6.78. The number of carbonyl (C=O) groups is 2. The van der Waals surface area contributed by atoms with Gasteiger partial charge in [0.25, 0.3) is 5.91 Å². The van der Waals surface area contributed by atoms with Crippen LogP contribution in [0.2, 0.25) is 0 Å². The van der Waals surface area contributed by atoms with Crippen LogP contribution in [0.25, 0.3) is 0 Å². The van der Waals surface area contributed by atoms with Gasteiger partial charge in [-0.2, -0.15) is 5.10 Å². The summed E-state index contributed by atoms with van der Waals surface area (Å²) in [7, 11) is 0. The summed E-state index contributed by atoms with van der Waals surface area (Å²) in [6.45, 7) is 5.54. The van der Waals surface area contributed by atoms with E-state index >= 15 is 0 Å². The van der Waals surface area contributed by atoms with E-state index < -0.39 is 5.82 Å². The maximum absolute atomic E-state index is 13.6. The van der Waals surface area contributed by atoms with Gasteiger partial charge in [0, 0.05) is 17.5 Å². The second-order valence-corrected chi connectivity index (χ2v) is 6.62. The Hall–Kier alpha value is -2.50. The fourth-order valence-electron chi connectivity index (χ4n) is 2.95. The largest absolute Gasteiger partial charge is 0.321 e. The van der Waals surface area contributed by atoms with Crippen molar-refractivity contribution >= 4 is 17.4 Å². The highest BCUT2D eigenvalue weighted by Gasteiger charge is 2.33. The zero-order valence-electron chi connectivity index (χ0n) is 14.7. The smallest absolute Gasteiger partial charge is 0.259 e. The van der Waals surface area contributed by atoms with Crippen molar-refractivity contribution in [3.8, 4) is 0 Å². The van der Waals surface area contributed by atoms with Crippen molar-refractivity contribution in [3.63, 3.8) is 0 Å². The molecule has 0 bridgehead atoms. The van der Waals surface area contributed by atoms with E-state index in [-0.39, 0.29) is 29.0 Å². The van der Waals surface area contributed by atoms with Gasteiger partial charge < -0.3 is 5.32 Å². The van der Waals surface area contributed by atoms with Crippen LogP contribution < -0.4 is 5.32 Å². The molecule has 1 aliphatic carbocycles. The Kier molecular flexibility index (Phi) is 4.70. The summed E-state index contributed by atoms with van der Waals surface area (Å²) in [6, 6.07) is 3.98. The summed E-state index contributed by atoms with van der Waals surface area (Å²) in [5.74, 6) is -0.743. The number of halogens is 1. The van der Waals surface area contributed by atoms with Crippen molar-refractivity contribution in [1.82, 2.24) is 9.78 Å². The highest BCUT2D eigenvalue weighted by atomic mass is 19.1. The first-order valence-corrected chi connectivity index (χ1v) is 8.61. The Labute approximate surface area is 146 Å². The number of carbonyl (C=O) groups excluding carboxylic acids is 2. The number of benzene rings is 1. The van der Waals surface area contributed by atoms with Crippen LogP contribution in [0.15, 0.2) is 24.4 Å². The van der Waals surface area contributed by atoms with Crippen LogP contribution >= 0.6 is 0 Å². The number of rotatable bonds is 6. The van der Waals surface area contributed by atoms with E-state index in [1.807, 2.05) is 4.68 Å². The Morgan fingerprint density at radius 3 is 2.68 bits per heavy atom. The summed E-state index contributed by atoms with van der Waals surface area (Å²) in [5.41, 5.74) is 1.92. The van der Waals surface area contributed by atoms with Crippen molar-refractivity contribution < 1.29 is 14.0 Å². The fraction of sp³-hybridized carbons (Fsp3) is 0.421. The molecule has 1 unspecified atom stereocenters. The first-order valence-electron chi connectivity index (χ1n) is 8.61. The molecule has 132 valence electrons. The zero-order valence-corrected chi connectivity index (χ0v) is 14.7. The van der Waals surface area contributed by atoms with E-state index in [1.54, 1.807) is 6.20 Å². The predicted octanol–water partition coefficient (Wildman–Crippen LogP) is 4.33. The van der Waals surface area contributed by atoms with E-state index in [2.05, 4.69) is 24.3 Å². The van der Waals surface area contributed by atoms with Gasteiger partial charge in [0.15, 0.2) is 5.78 Å². The predicted molar refractivity (Wildman–Crippen MR) is 93.6 cm³/mol. The molecule has 5 nitrogen and oxygen atoms in total. The standard InChI is InChI=1S/C19H22FN3O2/c1-4-11(2)23-18(13-5-6-13)16(10-21-23)19(25)22-17-9-14(20)7-8-15(17)12(3)24/h7-11,13H,4-6H2,1-3H3,(H,22,25). The molecule has 1 atom stereocenters. The number of hydrogen-bond acceptors (Lipinski definition) is 3. The highest BCUT2D eigenvalue weighted by molar-refractivity contribution is 6.09. The number of aromatic nitrogens is 2. The van der Waals surface area contributed by atoms with Gasteiger partial charge in [0.2, 0.25) is 0 Å². The van der Waals surface area contributed by atoms with Gasteiger partial charge in [0.05, 0.1) is 23.1 Å². The lowest BCUT2D eigenvalue weighted by Gasteiger charge is -2.15. The first-order chi connectivity index (χ1) is 11.9. The zero-order chi connectivity index (χ0) is 18.1. The minimum atomic E-state index is -0.502. The van der Waals surface area contributed by atoms with Crippen molar-refractivity contribution in [1.29, 1.82) is 0 Å². The average molecular weight is 343 g/mol. The van der Waals surface area contributed by atoms with E-state index in [0.717, 1.165) is 25.0 Å².